The molecule has 0 radical (unpaired) electrons. The SMILES string of the molecule is CCCc1ccnc(CCN)n1.Cl. The Kier molecular flexibility index (Phi) is 6.45. The summed E-state index contributed by atoms with van der Waals surface area (Å²) in [7, 11) is 0. The van der Waals surface area contributed by atoms with Crippen LogP contribution in [0.1, 0.15) is 24.9 Å². The summed E-state index contributed by atoms with van der Waals surface area (Å²) in [6.07, 6.45) is 4.74. The molecule has 0 aliphatic carbocycles. The summed E-state index contributed by atoms with van der Waals surface area (Å²) in [5.74, 6) is 0.864. The fourth-order valence-electron chi connectivity index (χ4n) is 1.09. The van der Waals surface area contributed by atoms with Gasteiger partial charge in [0.1, 0.15) is 5.82 Å². The average molecular weight is 202 g/mol. The van der Waals surface area contributed by atoms with E-state index in [1.165, 1.54) is 0 Å². The average Bonchev–Trinajstić information content (AvgIpc) is 2.06. The predicted octanol–water partition coefficient (Wildman–Crippen LogP) is 1.35. The Morgan fingerprint density at radius 3 is 2.77 bits per heavy atom. The third-order valence-corrected chi connectivity index (χ3v) is 1.64. The highest BCUT2D eigenvalue weighted by molar-refractivity contribution is 5.85. The zero-order valence-electron chi connectivity index (χ0n) is 7.86. The second kappa shape index (κ2) is 6.80. The number of aryl methyl sites for hydroxylation is 1. The molecule has 2 N–H and O–H groups in total. The fraction of sp³-hybridized carbons (Fsp3) is 0.556. The third kappa shape index (κ3) is 4.20. The van der Waals surface area contributed by atoms with Gasteiger partial charge in [-0.25, -0.2) is 9.97 Å². The maximum absolute atomic E-state index is 5.40. The summed E-state index contributed by atoms with van der Waals surface area (Å²) < 4.78 is 0. The smallest absolute Gasteiger partial charge is 0.129 e. The molecule has 0 amide bonds. The zero-order chi connectivity index (χ0) is 8.81. The molecule has 1 rings (SSSR count). The van der Waals surface area contributed by atoms with Crippen molar-refractivity contribution in [3.63, 3.8) is 0 Å². The van der Waals surface area contributed by atoms with Crippen LogP contribution in [0.25, 0.3) is 0 Å². The fourth-order valence-corrected chi connectivity index (χ4v) is 1.09. The first-order chi connectivity index (χ1) is 5.86. The first kappa shape index (κ1) is 12.3. The zero-order valence-corrected chi connectivity index (χ0v) is 8.68. The van der Waals surface area contributed by atoms with Gasteiger partial charge in [0.2, 0.25) is 0 Å². The monoisotopic (exact) mass is 201 g/mol. The van der Waals surface area contributed by atoms with E-state index in [-0.39, 0.29) is 12.4 Å². The van der Waals surface area contributed by atoms with Crippen molar-refractivity contribution in [1.82, 2.24) is 9.97 Å². The van der Waals surface area contributed by atoms with E-state index in [9.17, 15) is 0 Å². The van der Waals surface area contributed by atoms with Crippen molar-refractivity contribution >= 4 is 12.4 Å². The normalized spacial score (nSPS) is 9.38. The standard InChI is InChI=1S/C9H15N3.ClH/c1-2-3-8-5-7-11-9(12-8)4-6-10;/h5,7H,2-4,6,10H2,1H3;1H. The largest absolute Gasteiger partial charge is 0.330 e. The summed E-state index contributed by atoms with van der Waals surface area (Å²) in [5, 5.41) is 0. The van der Waals surface area contributed by atoms with Gasteiger partial charge in [-0.05, 0) is 19.0 Å². The van der Waals surface area contributed by atoms with E-state index in [0.29, 0.717) is 6.54 Å². The second-order valence-electron chi connectivity index (χ2n) is 2.75. The van der Waals surface area contributed by atoms with Crippen molar-refractivity contribution in [1.29, 1.82) is 0 Å². The number of halogens is 1. The van der Waals surface area contributed by atoms with Crippen LogP contribution in [0.4, 0.5) is 0 Å². The molecule has 0 unspecified atom stereocenters. The molecule has 0 aliphatic rings. The molecule has 0 bridgehead atoms. The number of rotatable bonds is 4. The van der Waals surface area contributed by atoms with E-state index in [1.54, 1.807) is 0 Å². The Labute approximate surface area is 85.2 Å². The van der Waals surface area contributed by atoms with Crippen LogP contribution in [-0.4, -0.2) is 16.5 Å². The number of nitrogens with two attached hydrogens (primary N) is 1. The summed E-state index contributed by atoms with van der Waals surface area (Å²) >= 11 is 0. The second-order valence-corrected chi connectivity index (χ2v) is 2.75. The minimum atomic E-state index is 0. The van der Waals surface area contributed by atoms with Gasteiger partial charge in [0.05, 0.1) is 0 Å². The van der Waals surface area contributed by atoms with Crippen LogP contribution in [-0.2, 0) is 12.8 Å². The van der Waals surface area contributed by atoms with Gasteiger partial charge in [0, 0.05) is 18.3 Å². The summed E-state index contributed by atoms with van der Waals surface area (Å²) in [4.78, 5) is 8.48. The molecule has 0 atom stereocenters. The highest BCUT2D eigenvalue weighted by Crippen LogP contribution is 1.99. The summed E-state index contributed by atoms with van der Waals surface area (Å²) in [6.45, 7) is 2.76. The van der Waals surface area contributed by atoms with E-state index in [2.05, 4.69) is 16.9 Å². The van der Waals surface area contributed by atoms with E-state index in [1.807, 2.05) is 12.3 Å². The molecule has 3 nitrogen and oxygen atoms in total. The maximum atomic E-state index is 5.40. The highest BCUT2D eigenvalue weighted by atomic mass is 35.5. The van der Waals surface area contributed by atoms with Crippen LogP contribution in [0, 0.1) is 0 Å². The van der Waals surface area contributed by atoms with E-state index >= 15 is 0 Å². The molecule has 1 heterocycles. The lowest BCUT2D eigenvalue weighted by atomic mass is 10.2. The first-order valence-electron chi connectivity index (χ1n) is 4.37. The van der Waals surface area contributed by atoms with Crippen molar-refractivity contribution in [2.24, 2.45) is 5.73 Å². The highest BCUT2D eigenvalue weighted by Gasteiger charge is 1.96. The van der Waals surface area contributed by atoms with Crippen molar-refractivity contribution in [3.8, 4) is 0 Å². The molecular weight excluding hydrogens is 186 g/mol. The molecule has 0 saturated carbocycles. The quantitative estimate of drug-likeness (QED) is 0.800. The first-order valence-corrected chi connectivity index (χ1v) is 4.37. The van der Waals surface area contributed by atoms with Crippen LogP contribution >= 0.6 is 12.4 Å². The maximum Gasteiger partial charge on any atom is 0.129 e. The van der Waals surface area contributed by atoms with Gasteiger partial charge in [0.25, 0.3) is 0 Å². The van der Waals surface area contributed by atoms with Crippen LogP contribution in [0.2, 0.25) is 0 Å². The molecule has 0 saturated heterocycles. The molecule has 0 spiro atoms. The molecule has 1 aromatic rings. The van der Waals surface area contributed by atoms with Crippen LogP contribution in [0.15, 0.2) is 12.3 Å². The molecule has 13 heavy (non-hydrogen) atoms. The van der Waals surface area contributed by atoms with Crippen LogP contribution in [0.3, 0.4) is 0 Å². The number of hydrogen-bond acceptors (Lipinski definition) is 3. The Balaban J connectivity index is 0.00000144. The minimum absolute atomic E-state index is 0. The van der Waals surface area contributed by atoms with Crippen LogP contribution < -0.4 is 5.73 Å². The van der Waals surface area contributed by atoms with Gasteiger partial charge in [-0.1, -0.05) is 13.3 Å². The lowest BCUT2D eigenvalue weighted by molar-refractivity contribution is 0.811. The Hall–Kier alpha value is -0.670. The van der Waals surface area contributed by atoms with Crippen molar-refractivity contribution in [2.75, 3.05) is 6.54 Å². The molecule has 0 aliphatic heterocycles. The Morgan fingerprint density at radius 2 is 2.15 bits per heavy atom. The van der Waals surface area contributed by atoms with E-state index in [4.69, 9.17) is 5.73 Å². The van der Waals surface area contributed by atoms with Crippen molar-refractivity contribution in [3.05, 3.63) is 23.8 Å². The predicted molar refractivity (Wildman–Crippen MR) is 56.0 cm³/mol. The van der Waals surface area contributed by atoms with E-state index in [0.717, 1.165) is 30.8 Å². The molecule has 0 fully saturated rings. The van der Waals surface area contributed by atoms with Gasteiger partial charge < -0.3 is 5.73 Å². The number of hydrogen-bond donors (Lipinski definition) is 1. The van der Waals surface area contributed by atoms with Gasteiger partial charge in [-0.15, -0.1) is 12.4 Å². The third-order valence-electron chi connectivity index (χ3n) is 1.64. The molecule has 74 valence electrons. The Bertz CT molecular complexity index is 219. The number of aromatic nitrogens is 2. The van der Waals surface area contributed by atoms with E-state index < -0.39 is 0 Å². The lowest BCUT2D eigenvalue weighted by Gasteiger charge is -2.00. The van der Waals surface area contributed by atoms with Crippen molar-refractivity contribution < 1.29 is 0 Å². The molecule has 1 aromatic heterocycles. The lowest BCUT2D eigenvalue weighted by Crippen LogP contribution is -2.07. The minimum Gasteiger partial charge on any atom is -0.330 e. The van der Waals surface area contributed by atoms with Gasteiger partial charge in [-0.2, -0.15) is 0 Å². The molecule has 4 heteroatoms. The topological polar surface area (TPSA) is 51.8 Å². The number of nitrogens with zero attached hydrogens (tertiary/aromatic N) is 2. The summed E-state index contributed by atoms with van der Waals surface area (Å²) in [6, 6.07) is 1.96. The van der Waals surface area contributed by atoms with Crippen molar-refractivity contribution in [2.45, 2.75) is 26.2 Å². The molecular formula is C9H16ClN3. The van der Waals surface area contributed by atoms with Gasteiger partial charge >= 0.3 is 0 Å². The summed E-state index contributed by atoms with van der Waals surface area (Å²) in [5.41, 5.74) is 6.53. The Morgan fingerprint density at radius 1 is 1.38 bits per heavy atom. The van der Waals surface area contributed by atoms with Crippen LogP contribution in [0.5, 0.6) is 0 Å². The van der Waals surface area contributed by atoms with Gasteiger partial charge in [-0.3, -0.25) is 0 Å². The van der Waals surface area contributed by atoms with Gasteiger partial charge in [0.15, 0.2) is 0 Å². The molecule has 0 aromatic carbocycles.